The van der Waals surface area contributed by atoms with Crippen LogP contribution in [0, 0.1) is 11.3 Å². The van der Waals surface area contributed by atoms with Crippen LogP contribution in [0.2, 0.25) is 0 Å². The van der Waals surface area contributed by atoms with Gasteiger partial charge in [-0.2, -0.15) is 5.26 Å². The Hall–Kier alpha value is -3.44. The molecule has 0 aliphatic rings. The third-order valence-corrected chi connectivity index (χ3v) is 6.55. The molecule has 4 aromatic carbocycles. The summed E-state index contributed by atoms with van der Waals surface area (Å²) in [6.45, 7) is 0.384. The summed E-state index contributed by atoms with van der Waals surface area (Å²) >= 11 is 0. The summed E-state index contributed by atoms with van der Waals surface area (Å²) < 4.78 is 7.99. The van der Waals surface area contributed by atoms with Crippen molar-refractivity contribution < 1.29 is 39.4 Å². The Labute approximate surface area is 253 Å². The zero-order valence-corrected chi connectivity index (χ0v) is 23.3. The molecule has 0 aliphatic heterocycles. The monoisotopic (exact) mass is 523 g/mol. The predicted octanol–water partition coefficient (Wildman–Crippen LogP) is 1.40. The summed E-state index contributed by atoms with van der Waals surface area (Å²) in [7, 11) is 0. The number of aromatic nitrogens is 2. The molecule has 1 unspecified atom stereocenters. The maximum absolute atomic E-state index is 10.5. The number of rotatable bonds is 9. The SMILES string of the molecule is N#Cc1ccc(C(O)COCc2cn(C(c3ccccc3)(c3ccccc3)c3ccccc3)cn2)cc1.[BH4-].[Na+]. The molecule has 0 radical (unpaired) electrons. The second kappa shape index (κ2) is 14.1. The van der Waals surface area contributed by atoms with E-state index in [1.807, 2.05) is 30.7 Å². The summed E-state index contributed by atoms with van der Waals surface area (Å²) in [4.78, 5) is 4.67. The Kier molecular flexibility index (Phi) is 10.9. The Bertz CT molecular complexity index is 1370. The van der Waals surface area contributed by atoms with E-state index in [0.29, 0.717) is 11.1 Å². The average Bonchev–Trinajstić information content (AvgIpc) is 3.44. The number of benzene rings is 4. The van der Waals surface area contributed by atoms with Crippen LogP contribution < -0.4 is 29.6 Å². The molecule has 0 fully saturated rings. The van der Waals surface area contributed by atoms with Gasteiger partial charge >= 0.3 is 29.6 Å². The fraction of sp³-hybridized carbons (Fsp3) is 0.125. The standard InChI is InChI=1S/C32H27N3O2.BH4.Na/c33-20-25-16-18-26(19-17-25)31(36)23-37-22-30-21-35(24-34-30)32(27-10-4-1-5-11-27,28-12-6-2-7-13-28)29-14-8-3-9-15-29;;/h1-19,21,24,31,36H,22-23H2;1H4;/q;-1;+1. The van der Waals surface area contributed by atoms with Crippen molar-refractivity contribution in [3.8, 4) is 6.07 Å². The maximum atomic E-state index is 10.5. The molecule has 1 aromatic heterocycles. The largest absolute Gasteiger partial charge is 1.00 e. The Morgan fingerprint density at radius 3 is 1.74 bits per heavy atom. The normalized spacial score (nSPS) is 11.5. The minimum atomic E-state index is -0.785. The number of aliphatic hydroxyl groups excluding tert-OH is 1. The Morgan fingerprint density at radius 2 is 1.28 bits per heavy atom. The number of nitriles is 1. The Morgan fingerprint density at radius 1 is 0.795 bits per heavy atom. The minimum Gasteiger partial charge on any atom is -0.386 e. The summed E-state index contributed by atoms with van der Waals surface area (Å²) in [6, 6.07) is 40.2. The van der Waals surface area contributed by atoms with E-state index >= 15 is 0 Å². The van der Waals surface area contributed by atoms with Crippen LogP contribution in [0.15, 0.2) is 128 Å². The summed E-state index contributed by atoms with van der Waals surface area (Å²) in [5, 5.41) is 19.5. The van der Waals surface area contributed by atoms with E-state index in [4.69, 9.17) is 10.00 Å². The first-order valence-electron chi connectivity index (χ1n) is 12.2. The molecule has 5 aromatic rings. The van der Waals surface area contributed by atoms with Crippen molar-refractivity contribution in [2.24, 2.45) is 0 Å². The fourth-order valence-corrected chi connectivity index (χ4v) is 4.76. The van der Waals surface area contributed by atoms with E-state index in [1.165, 1.54) is 0 Å². The number of nitrogens with zero attached hydrogens (tertiary/aromatic N) is 3. The van der Waals surface area contributed by atoms with Gasteiger partial charge in [0.05, 0.1) is 36.9 Å². The van der Waals surface area contributed by atoms with Crippen LogP contribution in [0.4, 0.5) is 0 Å². The molecule has 5 nitrogen and oxygen atoms in total. The summed E-state index contributed by atoms with van der Waals surface area (Å²) in [5.74, 6) is 0. The van der Waals surface area contributed by atoms with E-state index < -0.39 is 11.6 Å². The zero-order chi connectivity index (χ0) is 25.5. The van der Waals surface area contributed by atoms with E-state index in [-0.39, 0.29) is 51.2 Å². The van der Waals surface area contributed by atoms with Gasteiger partial charge in [0.1, 0.15) is 11.6 Å². The molecule has 7 heteroatoms. The molecule has 0 bridgehead atoms. The number of ether oxygens (including phenoxy) is 1. The van der Waals surface area contributed by atoms with Crippen LogP contribution >= 0.6 is 0 Å². The van der Waals surface area contributed by atoms with Crippen LogP contribution in [0.5, 0.6) is 0 Å². The molecule has 5 rings (SSSR count). The van der Waals surface area contributed by atoms with Crippen LogP contribution in [0.1, 0.15) is 39.6 Å². The van der Waals surface area contributed by atoms with Crippen molar-refractivity contribution in [2.75, 3.05) is 6.61 Å². The molecule has 1 N–H and O–H groups in total. The van der Waals surface area contributed by atoms with Crippen LogP contribution in [-0.4, -0.2) is 29.7 Å². The summed E-state index contributed by atoms with van der Waals surface area (Å²) in [5.41, 5.74) is 4.76. The van der Waals surface area contributed by atoms with Gasteiger partial charge in [0.15, 0.2) is 0 Å². The molecule has 0 saturated heterocycles. The number of aliphatic hydroxyl groups is 1. The molecule has 1 atom stereocenters. The van der Waals surface area contributed by atoms with Crippen LogP contribution in [-0.2, 0) is 16.9 Å². The molecule has 0 aliphatic carbocycles. The number of imidazole rings is 1. The maximum Gasteiger partial charge on any atom is 1.00 e. The van der Waals surface area contributed by atoms with Gasteiger partial charge in [-0.05, 0) is 34.4 Å². The Balaban J connectivity index is 0.00000210. The zero-order valence-electron chi connectivity index (χ0n) is 21.3. The smallest absolute Gasteiger partial charge is 0.386 e. The van der Waals surface area contributed by atoms with Gasteiger partial charge in [-0.25, -0.2) is 4.98 Å². The first-order valence-corrected chi connectivity index (χ1v) is 12.2. The van der Waals surface area contributed by atoms with Crippen molar-refractivity contribution in [1.82, 2.24) is 9.55 Å². The topological polar surface area (TPSA) is 71.1 Å². The quantitative estimate of drug-likeness (QED) is 0.234. The molecule has 0 spiro atoms. The van der Waals surface area contributed by atoms with Gasteiger partial charge < -0.3 is 14.4 Å². The molecular formula is C32H31BN3NaO2. The van der Waals surface area contributed by atoms with Gasteiger partial charge in [-0.15, -0.1) is 0 Å². The second-order valence-electron chi connectivity index (χ2n) is 8.85. The third-order valence-electron chi connectivity index (χ3n) is 6.55. The first-order chi connectivity index (χ1) is 18.2. The van der Waals surface area contributed by atoms with Crippen molar-refractivity contribution in [2.45, 2.75) is 18.2 Å². The van der Waals surface area contributed by atoms with E-state index in [1.54, 1.807) is 24.3 Å². The van der Waals surface area contributed by atoms with Gasteiger partial charge in [0, 0.05) is 6.20 Å². The summed E-state index contributed by atoms with van der Waals surface area (Å²) in [6.07, 6.45) is 3.08. The van der Waals surface area contributed by atoms with Crippen molar-refractivity contribution in [3.05, 3.63) is 161 Å². The molecule has 39 heavy (non-hydrogen) atoms. The van der Waals surface area contributed by atoms with E-state index in [9.17, 15) is 5.11 Å². The van der Waals surface area contributed by atoms with Crippen molar-refractivity contribution >= 4 is 8.41 Å². The van der Waals surface area contributed by atoms with Crippen molar-refractivity contribution in [3.63, 3.8) is 0 Å². The average molecular weight is 523 g/mol. The minimum absolute atomic E-state index is 0. The van der Waals surface area contributed by atoms with Crippen LogP contribution in [0.25, 0.3) is 0 Å². The van der Waals surface area contributed by atoms with Gasteiger partial charge in [0.25, 0.3) is 0 Å². The number of hydrogen-bond donors (Lipinski definition) is 1. The molecular weight excluding hydrogens is 492 g/mol. The first kappa shape index (κ1) is 30.1. The molecule has 0 saturated carbocycles. The number of hydrogen-bond acceptors (Lipinski definition) is 4. The second-order valence-corrected chi connectivity index (χ2v) is 8.85. The van der Waals surface area contributed by atoms with Gasteiger partial charge in [0.2, 0.25) is 0 Å². The van der Waals surface area contributed by atoms with Gasteiger partial charge in [-0.1, -0.05) is 112 Å². The molecule has 0 amide bonds. The predicted molar refractivity (Wildman–Crippen MR) is 154 cm³/mol. The fourth-order valence-electron chi connectivity index (χ4n) is 4.76. The molecule has 1 heterocycles. The van der Waals surface area contributed by atoms with E-state index in [0.717, 1.165) is 22.4 Å². The van der Waals surface area contributed by atoms with E-state index in [2.05, 4.69) is 88.4 Å². The third kappa shape index (κ3) is 6.42. The van der Waals surface area contributed by atoms with Crippen molar-refractivity contribution in [1.29, 1.82) is 5.26 Å². The van der Waals surface area contributed by atoms with Gasteiger partial charge in [-0.3, -0.25) is 0 Å². The van der Waals surface area contributed by atoms with Crippen LogP contribution in [0.3, 0.4) is 0 Å². The molecule has 190 valence electrons.